The highest BCUT2D eigenvalue weighted by Gasteiger charge is 2.32. The summed E-state index contributed by atoms with van der Waals surface area (Å²) in [5, 5.41) is 0. The first kappa shape index (κ1) is 18.4. The molecule has 146 valence electrons. The molecule has 0 radical (unpaired) electrons. The molecule has 9 heteroatoms. The van der Waals surface area contributed by atoms with Gasteiger partial charge in [-0.3, -0.25) is 19.5 Å². The zero-order valence-corrected chi connectivity index (χ0v) is 16.3. The lowest BCUT2D eigenvalue weighted by molar-refractivity contribution is -0.132. The Morgan fingerprint density at radius 2 is 1.79 bits per heavy atom. The Morgan fingerprint density at radius 3 is 2.50 bits per heavy atom. The molecule has 1 aromatic carbocycles. The predicted molar refractivity (Wildman–Crippen MR) is 106 cm³/mol. The van der Waals surface area contributed by atoms with Crippen molar-refractivity contribution in [1.29, 1.82) is 0 Å². The molecule has 28 heavy (non-hydrogen) atoms. The van der Waals surface area contributed by atoms with Crippen LogP contribution in [0, 0.1) is 0 Å². The van der Waals surface area contributed by atoms with Crippen LogP contribution in [-0.4, -0.2) is 62.3 Å². The van der Waals surface area contributed by atoms with E-state index < -0.39 is 16.1 Å². The largest absolute Gasteiger partial charge is 0.368 e. The van der Waals surface area contributed by atoms with Crippen LogP contribution < -0.4 is 9.62 Å². The van der Waals surface area contributed by atoms with E-state index in [1.807, 2.05) is 12.1 Å². The van der Waals surface area contributed by atoms with E-state index in [-0.39, 0.29) is 16.6 Å². The number of benzene rings is 1. The fourth-order valence-electron chi connectivity index (χ4n) is 3.48. The lowest BCUT2D eigenvalue weighted by Gasteiger charge is -2.36. The Kier molecular flexibility index (Phi) is 4.76. The molecule has 0 spiro atoms. The number of aliphatic imine (C=N–C) groups is 1. The Bertz CT molecular complexity index is 1010. The average Bonchev–Trinajstić information content (AvgIpc) is 2.98. The number of anilines is 1. The molecule has 2 aliphatic rings. The summed E-state index contributed by atoms with van der Waals surface area (Å²) in [6, 6.07) is 9.88. The van der Waals surface area contributed by atoms with Crippen LogP contribution in [0.1, 0.15) is 12.5 Å². The van der Waals surface area contributed by atoms with Gasteiger partial charge >= 0.3 is 0 Å². The van der Waals surface area contributed by atoms with Crippen molar-refractivity contribution in [1.82, 2.24) is 14.6 Å². The van der Waals surface area contributed by atoms with Gasteiger partial charge in [0, 0.05) is 49.8 Å². The molecule has 0 unspecified atom stereocenters. The second-order valence-electron chi connectivity index (χ2n) is 6.77. The first-order valence-corrected chi connectivity index (χ1v) is 10.6. The molecule has 1 amide bonds. The Morgan fingerprint density at radius 1 is 1.11 bits per heavy atom. The number of fused-ring (bicyclic) bond motifs is 1. The smallest absolute Gasteiger partial charge is 0.263 e. The third-order valence-electron chi connectivity index (χ3n) is 4.96. The number of amidine groups is 1. The van der Waals surface area contributed by atoms with Crippen LogP contribution in [0.15, 0.2) is 58.7 Å². The van der Waals surface area contributed by atoms with Crippen molar-refractivity contribution in [3.05, 3.63) is 54.4 Å². The van der Waals surface area contributed by atoms with Gasteiger partial charge in [0.1, 0.15) is 11.9 Å². The first-order chi connectivity index (χ1) is 13.5. The molecule has 1 atom stereocenters. The van der Waals surface area contributed by atoms with Crippen LogP contribution in [0.5, 0.6) is 0 Å². The summed E-state index contributed by atoms with van der Waals surface area (Å²) in [6.07, 6.45) is 3.51. The van der Waals surface area contributed by atoms with Crippen LogP contribution in [0.3, 0.4) is 0 Å². The van der Waals surface area contributed by atoms with E-state index in [1.54, 1.807) is 42.4 Å². The number of nitrogens with zero attached hydrogens (tertiary/aromatic N) is 4. The Hall–Kier alpha value is -2.94. The van der Waals surface area contributed by atoms with E-state index in [0.717, 1.165) is 18.8 Å². The Labute approximate surface area is 164 Å². The topological polar surface area (TPSA) is 95.0 Å². The van der Waals surface area contributed by atoms with Gasteiger partial charge in [-0.2, -0.15) is 0 Å². The molecule has 0 aliphatic carbocycles. The lowest BCUT2D eigenvalue weighted by atomic mass is 10.2. The highest BCUT2D eigenvalue weighted by Crippen LogP contribution is 2.23. The molecular weight excluding hydrogens is 378 g/mol. The number of hydrogen-bond donors (Lipinski definition) is 1. The van der Waals surface area contributed by atoms with Crippen LogP contribution >= 0.6 is 0 Å². The molecule has 0 saturated carbocycles. The number of carbonyl (C=O) groups excluding carboxylic acids is 1. The van der Waals surface area contributed by atoms with Gasteiger partial charge in [0.2, 0.25) is 5.91 Å². The fraction of sp³-hybridized carbons (Fsp3) is 0.316. The third-order valence-corrected chi connectivity index (χ3v) is 6.36. The van der Waals surface area contributed by atoms with E-state index in [0.29, 0.717) is 18.7 Å². The minimum atomic E-state index is -3.61. The summed E-state index contributed by atoms with van der Waals surface area (Å²) in [7, 11) is -3.61. The SMILES string of the molecule is C[C@H](N=C1NS(=O)(=O)c2ccccc21)C(=O)N1CCN(c2ccncc2)CC1. The van der Waals surface area contributed by atoms with Gasteiger partial charge in [0.15, 0.2) is 0 Å². The molecule has 1 fully saturated rings. The summed E-state index contributed by atoms with van der Waals surface area (Å²) in [6.45, 7) is 4.35. The van der Waals surface area contributed by atoms with Gasteiger partial charge in [-0.25, -0.2) is 8.42 Å². The number of aromatic nitrogens is 1. The number of rotatable bonds is 3. The minimum absolute atomic E-state index is 0.106. The monoisotopic (exact) mass is 399 g/mol. The molecule has 8 nitrogen and oxygen atoms in total. The molecule has 4 rings (SSSR count). The molecular formula is C19H21N5O3S. The van der Waals surface area contributed by atoms with E-state index in [2.05, 4.69) is 19.6 Å². The number of nitrogens with one attached hydrogen (secondary N) is 1. The number of pyridine rings is 1. The van der Waals surface area contributed by atoms with Crippen LogP contribution in [0.2, 0.25) is 0 Å². The van der Waals surface area contributed by atoms with E-state index in [9.17, 15) is 13.2 Å². The van der Waals surface area contributed by atoms with Gasteiger partial charge < -0.3 is 9.80 Å². The van der Waals surface area contributed by atoms with Gasteiger partial charge in [-0.1, -0.05) is 12.1 Å². The van der Waals surface area contributed by atoms with Crippen molar-refractivity contribution in [2.75, 3.05) is 31.1 Å². The van der Waals surface area contributed by atoms with E-state index in [4.69, 9.17) is 0 Å². The third kappa shape index (κ3) is 3.45. The van der Waals surface area contributed by atoms with Crippen molar-refractivity contribution in [2.24, 2.45) is 4.99 Å². The molecule has 2 aromatic rings. The van der Waals surface area contributed by atoms with Crippen LogP contribution in [0.25, 0.3) is 0 Å². The normalized spacial score (nSPS) is 20.5. The van der Waals surface area contributed by atoms with E-state index in [1.165, 1.54) is 6.07 Å². The predicted octanol–water partition coefficient (Wildman–Crippen LogP) is 0.857. The summed E-state index contributed by atoms with van der Waals surface area (Å²) in [5.74, 6) is 0.123. The molecule has 0 bridgehead atoms. The van der Waals surface area contributed by atoms with Crippen molar-refractivity contribution in [3.63, 3.8) is 0 Å². The average molecular weight is 399 g/mol. The summed E-state index contributed by atoms with van der Waals surface area (Å²) in [4.78, 5) is 25.4. The van der Waals surface area contributed by atoms with Gasteiger partial charge in [0.25, 0.3) is 10.0 Å². The molecule has 1 N–H and O–H groups in total. The quantitative estimate of drug-likeness (QED) is 0.826. The minimum Gasteiger partial charge on any atom is -0.368 e. The van der Waals surface area contributed by atoms with Crippen molar-refractivity contribution in [2.45, 2.75) is 17.9 Å². The van der Waals surface area contributed by atoms with E-state index >= 15 is 0 Å². The summed E-state index contributed by atoms with van der Waals surface area (Å²) in [5.41, 5.74) is 1.59. The Balaban J connectivity index is 1.44. The van der Waals surface area contributed by atoms with Crippen molar-refractivity contribution in [3.8, 4) is 0 Å². The van der Waals surface area contributed by atoms with Gasteiger partial charge in [0.05, 0.1) is 4.90 Å². The number of carbonyl (C=O) groups is 1. The number of sulfonamides is 1. The highest BCUT2D eigenvalue weighted by atomic mass is 32.2. The summed E-state index contributed by atoms with van der Waals surface area (Å²) < 4.78 is 26.8. The zero-order valence-electron chi connectivity index (χ0n) is 15.4. The van der Waals surface area contributed by atoms with Gasteiger partial charge in [-0.05, 0) is 31.2 Å². The summed E-state index contributed by atoms with van der Waals surface area (Å²) >= 11 is 0. The second-order valence-corrected chi connectivity index (χ2v) is 8.42. The number of hydrogen-bond acceptors (Lipinski definition) is 6. The maximum absolute atomic E-state index is 12.8. The fourth-order valence-corrected chi connectivity index (χ4v) is 4.72. The maximum Gasteiger partial charge on any atom is 0.263 e. The first-order valence-electron chi connectivity index (χ1n) is 9.09. The van der Waals surface area contributed by atoms with Crippen LogP contribution in [0.4, 0.5) is 5.69 Å². The highest BCUT2D eigenvalue weighted by molar-refractivity contribution is 7.90. The molecule has 2 aliphatic heterocycles. The maximum atomic E-state index is 12.8. The molecule has 3 heterocycles. The lowest BCUT2D eigenvalue weighted by Crippen LogP contribution is -2.51. The second kappa shape index (κ2) is 7.23. The van der Waals surface area contributed by atoms with Crippen LogP contribution in [-0.2, 0) is 14.8 Å². The number of piperazine rings is 1. The zero-order chi connectivity index (χ0) is 19.7. The van der Waals surface area contributed by atoms with Crippen molar-refractivity contribution >= 4 is 27.5 Å². The van der Waals surface area contributed by atoms with Gasteiger partial charge in [-0.15, -0.1) is 0 Å². The number of amides is 1. The standard InChI is InChI=1S/C19H21N5O3S/c1-14(21-18-16-4-2-3-5-17(16)28(26,27)22-18)19(25)24-12-10-23(11-13-24)15-6-8-20-9-7-15/h2-9,14H,10-13H2,1H3,(H,21,22)/t14-/m0/s1. The van der Waals surface area contributed by atoms with Crippen molar-refractivity contribution < 1.29 is 13.2 Å². The molecule has 1 saturated heterocycles. The molecule has 1 aromatic heterocycles.